The highest BCUT2D eigenvalue weighted by atomic mass is 19.4. The SMILES string of the molecule is CC(=O)Nc1ccc(CN[C@H](C)c2ccccc2C(F)(F)F)cc1. The summed E-state index contributed by atoms with van der Waals surface area (Å²) in [4.78, 5) is 11.0. The van der Waals surface area contributed by atoms with Gasteiger partial charge in [-0.25, -0.2) is 0 Å². The molecule has 0 aromatic heterocycles. The van der Waals surface area contributed by atoms with E-state index >= 15 is 0 Å². The van der Waals surface area contributed by atoms with Crippen molar-refractivity contribution in [3.05, 3.63) is 65.2 Å². The molecule has 0 bridgehead atoms. The van der Waals surface area contributed by atoms with Gasteiger partial charge in [0, 0.05) is 25.2 Å². The fourth-order valence-electron chi connectivity index (χ4n) is 2.42. The Labute approximate surface area is 138 Å². The Balaban J connectivity index is 2.03. The lowest BCUT2D eigenvalue weighted by Crippen LogP contribution is -2.21. The third kappa shape index (κ3) is 4.83. The minimum Gasteiger partial charge on any atom is -0.326 e. The predicted octanol–water partition coefficient (Wildman–Crippen LogP) is 4.51. The molecule has 1 amide bonds. The highest BCUT2D eigenvalue weighted by Gasteiger charge is 2.33. The van der Waals surface area contributed by atoms with E-state index in [2.05, 4.69) is 10.6 Å². The number of anilines is 1. The lowest BCUT2D eigenvalue weighted by Gasteiger charge is -2.19. The first kappa shape index (κ1) is 18.0. The maximum atomic E-state index is 13.1. The molecule has 1 atom stereocenters. The van der Waals surface area contributed by atoms with Crippen LogP contribution in [0.15, 0.2) is 48.5 Å². The zero-order valence-electron chi connectivity index (χ0n) is 13.4. The van der Waals surface area contributed by atoms with E-state index in [0.717, 1.165) is 11.6 Å². The third-order valence-corrected chi connectivity index (χ3v) is 3.62. The van der Waals surface area contributed by atoms with Crippen LogP contribution in [0.5, 0.6) is 0 Å². The summed E-state index contributed by atoms with van der Waals surface area (Å²) in [7, 11) is 0. The Kier molecular flexibility index (Phi) is 5.62. The van der Waals surface area contributed by atoms with Crippen molar-refractivity contribution in [3.8, 4) is 0 Å². The van der Waals surface area contributed by atoms with Gasteiger partial charge in [0.25, 0.3) is 0 Å². The molecule has 2 aromatic carbocycles. The minimum absolute atomic E-state index is 0.154. The van der Waals surface area contributed by atoms with Gasteiger partial charge in [-0.2, -0.15) is 13.2 Å². The van der Waals surface area contributed by atoms with Gasteiger partial charge in [-0.1, -0.05) is 30.3 Å². The largest absolute Gasteiger partial charge is 0.416 e. The van der Waals surface area contributed by atoms with E-state index in [4.69, 9.17) is 0 Å². The molecule has 0 aliphatic rings. The molecule has 128 valence electrons. The highest BCUT2D eigenvalue weighted by molar-refractivity contribution is 5.88. The third-order valence-electron chi connectivity index (χ3n) is 3.62. The van der Waals surface area contributed by atoms with E-state index < -0.39 is 17.8 Å². The first-order valence-electron chi connectivity index (χ1n) is 7.53. The second kappa shape index (κ2) is 7.49. The zero-order valence-corrected chi connectivity index (χ0v) is 13.4. The van der Waals surface area contributed by atoms with Crippen LogP contribution in [0.1, 0.15) is 36.6 Å². The molecule has 2 rings (SSSR count). The second-order valence-electron chi connectivity index (χ2n) is 5.57. The van der Waals surface area contributed by atoms with Gasteiger partial charge < -0.3 is 10.6 Å². The van der Waals surface area contributed by atoms with Crippen LogP contribution >= 0.6 is 0 Å². The normalized spacial score (nSPS) is 12.7. The molecular formula is C18H19F3N2O. The van der Waals surface area contributed by atoms with Crippen LogP contribution < -0.4 is 10.6 Å². The van der Waals surface area contributed by atoms with Gasteiger partial charge in [-0.05, 0) is 36.2 Å². The zero-order chi connectivity index (χ0) is 17.7. The molecule has 0 unspecified atom stereocenters. The van der Waals surface area contributed by atoms with E-state index in [1.807, 2.05) is 12.1 Å². The molecular weight excluding hydrogens is 317 g/mol. The number of hydrogen-bond donors (Lipinski definition) is 2. The van der Waals surface area contributed by atoms with Gasteiger partial charge in [0.2, 0.25) is 5.91 Å². The Morgan fingerprint density at radius 1 is 1.08 bits per heavy atom. The van der Waals surface area contributed by atoms with Crippen molar-refractivity contribution in [1.82, 2.24) is 5.32 Å². The molecule has 0 fully saturated rings. The molecule has 3 nitrogen and oxygen atoms in total. The molecule has 24 heavy (non-hydrogen) atoms. The number of halogens is 3. The van der Waals surface area contributed by atoms with E-state index in [-0.39, 0.29) is 11.5 Å². The fraction of sp³-hybridized carbons (Fsp3) is 0.278. The van der Waals surface area contributed by atoms with E-state index in [1.165, 1.54) is 19.1 Å². The molecule has 0 radical (unpaired) electrons. The summed E-state index contributed by atoms with van der Waals surface area (Å²) in [6, 6.07) is 12.3. The van der Waals surface area contributed by atoms with Gasteiger partial charge in [-0.3, -0.25) is 4.79 Å². The number of carbonyl (C=O) groups excluding carboxylic acids is 1. The van der Waals surface area contributed by atoms with Crippen LogP contribution in [0.25, 0.3) is 0 Å². The number of carbonyl (C=O) groups is 1. The summed E-state index contributed by atoms with van der Waals surface area (Å²) in [5, 5.41) is 5.76. The molecule has 0 aliphatic heterocycles. The average Bonchev–Trinajstić information content (AvgIpc) is 2.52. The fourth-order valence-corrected chi connectivity index (χ4v) is 2.42. The van der Waals surface area contributed by atoms with Crippen LogP contribution in [0.4, 0.5) is 18.9 Å². The molecule has 0 heterocycles. The van der Waals surface area contributed by atoms with E-state index in [1.54, 1.807) is 25.1 Å². The number of amides is 1. The van der Waals surface area contributed by atoms with Crippen LogP contribution in [0.2, 0.25) is 0 Å². The number of hydrogen-bond acceptors (Lipinski definition) is 2. The van der Waals surface area contributed by atoms with Crippen molar-refractivity contribution < 1.29 is 18.0 Å². The van der Waals surface area contributed by atoms with Gasteiger partial charge in [0.15, 0.2) is 0 Å². The summed E-state index contributed by atoms with van der Waals surface area (Å²) < 4.78 is 39.2. The second-order valence-corrected chi connectivity index (χ2v) is 5.57. The number of nitrogens with one attached hydrogen (secondary N) is 2. The maximum Gasteiger partial charge on any atom is 0.416 e. The van der Waals surface area contributed by atoms with Crippen LogP contribution in [0, 0.1) is 0 Å². The molecule has 0 aliphatic carbocycles. The van der Waals surface area contributed by atoms with Gasteiger partial charge >= 0.3 is 6.18 Å². The van der Waals surface area contributed by atoms with Gasteiger partial charge in [0.1, 0.15) is 0 Å². The summed E-state index contributed by atoms with van der Waals surface area (Å²) >= 11 is 0. The lowest BCUT2D eigenvalue weighted by molar-refractivity contribution is -0.138. The standard InChI is InChI=1S/C18H19F3N2O/c1-12(16-5-3-4-6-17(16)18(19,20)21)22-11-14-7-9-15(10-8-14)23-13(2)24/h3-10,12,22H,11H2,1-2H3,(H,23,24)/t12-/m1/s1. The molecule has 0 saturated heterocycles. The Morgan fingerprint density at radius 2 is 1.71 bits per heavy atom. The summed E-state index contributed by atoms with van der Waals surface area (Å²) in [6.07, 6.45) is -4.37. The Morgan fingerprint density at radius 3 is 2.29 bits per heavy atom. The molecule has 2 N–H and O–H groups in total. The van der Waals surface area contributed by atoms with Gasteiger partial charge in [0.05, 0.1) is 5.56 Å². The van der Waals surface area contributed by atoms with Gasteiger partial charge in [-0.15, -0.1) is 0 Å². The van der Waals surface area contributed by atoms with Crippen molar-refractivity contribution >= 4 is 11.6 Å². The minimum atomic E-state index is -4.37. The first-order valence-corrected chi connectivity index (χ1v) is 7.53. The van der Waals surface area contributed by atoms with E-state index in [0.29, 0.717) is 12.2 Å². The predicted molar refractivity (Wildman–Crippen MR) is 87.4 cm³/mol. The topological polar surface area (TPSA) is 41.1 Å². The maximum absolute atomic E-state index is 13.1. The molecule has 2 aromatic rings. The van der Waals surface area contributed by atoms with E-state index in [9.17, 15) is 18.0 Å². The number of alkyl halides is 3. The monoisotopic (exact) mass is 336 g/mol. The Hall–Kier alpha value is -2.34. The molecule has 0 saturated carbocycles. The molecule has 0 spiro atoms. The van der Waals surface area contributed by atoms with Crippen molar-refractivity contribution in [2.75, 3.05) is 5.32 Å². The van der Waals surface area contributed by atoms with Crippen molar-refractivity contribution in [3.63, 3.8) is 0 Å². The highest BCUT2D eigenvalue weighted by Crippen LogP contribution is 2.34. The summed E-state index contributed by atoms with van der Waals surface area (Å²) in [6.45, 7) is 3.55. The van der Waals surface area contributed by atoms with Crippen molar-refractivity contribution in [2.24, 2.45) is 0 Å². The smallest absolute Gasteiger partial charge is 0.326 e. The Bertz CT molecular complexity index is 696. The first-order chi connectivity index (χ1) is 11.3. The summed E-state index contributed by atoms with van der Waals surface area (Å²) in [5.74, 6) is -0.154. The van der Waals surface area contributed by atoms with Crippen LogP contribution in [-0.4, -0.2) is 5.91 Å². The lowest BCUT2D eigenvalue weighted by atomic mass is 10.0. The summed E-state index contributed by atoms with van der Waals surface area (Å²) in [5.41, 5.74) is 1.20. The number of rotatable bonds is 5. The van der Waals surface area contributed by atoms with Crippen LogP contribution in [-0.2, 0) is 17.5 Å². The van der Waals surface area contributed by atoms with Crippen molar-refractivity contribution in [2.45, 2.75) is 32.6 Å². The number of benzene rings is 2. The quantitative estimate of drug-likeness (QED) is 0.843. The van der Waals surface area contributed by atoms with Crippen molar-refractivity contribution in [1.29, 1.82) is 0 Å². The molecule has 6 heteroatoms. The average molecular weight is 336 g/mol. The van der Waals surface area contributed by atoms with Crippen LogP contribution in [0.3, 0.4) is 0 Å².